The van der Waals surface area contributed by atoms with E-state index in [9.17, 15) is 9.59 Å². The van der Waals surface area contributed by atoms with Crippen molar-refractivity contribution in [2.45, 2.75) is 116 Å². The van der Waals surface area contributed by atoms with E-state index in [1.54, 1.807) is 0 Å². The first-order chi connectivity index (χ1) is 16.6. The Hall–Kier alpha value is -0.400. The van der Waals surface area contributed by atoms with Gasteiger partial charge in [0.25, 0.3) is 0 Å². The maximum atomic E-state index is 11.9. The molecule has 202 valence electrons. The Morgan fingerprint density at radius 1 is 0.559 bits per heavy atom. The van der Waals surface area contributed by atoms with Crippen LogP contribution in [0.4, 0.5) is 0 Å². The third-order valence-electron chi connectivity index (χ3n) is 6.26. The van der Waals surface area contributed by atoms with E-state index in [0.717, 1.165) is 13.0 Å². The maximum absolute atomic E-state index is 11.9. The first-order valence-corrected chi connectivity index (χ1v) is 15.4. The van der Waals surface area contributed by atoms with Gasteiger partial charge in [0, 0.05) is 50.5 Å². The predicted molar refractivity (Wildman–Crippen MR) is 154 cm³/mol. The highest BCUT2D eigenvalue weighted by Crippen LogP contribution is 2.13. The van der Waals surface area contributed by atoms with Gasteiger partial charge in [-0.2, -0.15) is 25.3 Å². The van der Waals surface area contributed by atoms with Crippen molar-refractivity contribution in [3.05, 3.63) is 0 Å². The van der Waals surface area contributed by atoms with Gasteiger partial charge in [-0.3, -0.25) is 9.59 Å². The van der Waals surface area contributed by atoms with Crippen LogP contribution in [0.15, 0.2) is 0 Å². The predicted octanol–water partition coefficient (Wildman–Crippen LogP) is 6.03. The monoisotopic (exact) mass is 517 g/mol. The van der Waals surface area contributed by atoms with Gasteiger partial charge in [-0.1, -0.05) is 96.8 Å². The van der Waals surface area contributed by atoms with E-state index in [1.165, 1.54) is 89.9 Å². The normalized spacial score (nSPS) is 11.2. The van der Waals surface area contributed by atoms with Crippen molar-refractivity contribution in [3.63, 3.8) is 0 Å². The smallest absolute Gasteiger partial charge is 0.221 e. The second-order valence-electron chi connectivity index (χ2n) is 9.44. The molecule has 0 aromatic carbocycles. The van der Waals surface area contributed by atoms with E-state index in [0.29, 0.717) is 50.5 Å². The zero-order valence-electron chi connectivity index (χ0n) is 22.1. The molecule has 0 aromatic heterocycles. The molecule has 0 atom stereocenters. The van der Waals surface area contributed by atoms with Crippen molar-refractivity contribution in [1.82, 2.24) is 15.5 Å². The minimum absolute atomic E-state index is 0.0649. The van der Waals surface area contributed by atoms with E-state index in [-0.39, 0.29) is 11.8 Å². The molecule has 5 nitrogen and oxygen atoms in total. The van der Waals surface area contributed by atoms with Gasteiger partial charge in [-0.15, -0.1) is 0 Å². The SMILES string of the molecule is CCCCCCCCCCCCCCCCCN(CCC(=O)NCCS)CCC(=O)NCCS. The summed E-state index contributed by atoms with van der Waals surface area (Å²) in [5, 5.41) is 5.75. The van der Waals surface area contributed by atoms with Crippen molar-refractivity contribution in [3.8, 4) is 0 Å². The lowest BCUT2D eigenvalue weighted by molar-refractivity contribution is -0.121. The molecule has 0 saturated heterocycles. The summed E-state index contributed by atoms with van der Waals surface area (Å²) in [5.41, 5.74) is 0. The quantitative estimate of drug-likeness (QED) is 0.0836. The standard InChI is InChI=1S/C27H55N3O2S2/c1-2-3-4-5-6-7-8-9-10-11-12-13-14-15-16-21-30(22-17-26(31)28-19-24-33)23-18-27(32)29-20-25-34/h33-34H,2-25H2,1H3,(H,28,31)(H,29,32). The molecular formula is C27H55N3O2S2. The summed E-state index contributed by atoms with van der Waals surface area (Å²) in [6.07, 6.45) is 21.3. The first-order valence-electron chi connectivity index (χ1n) is 14.1. The number of amides is 2. The topological polar surface area (TPSA) is 61.4 Å². The highest BCUT2D eigenvalue weighted by atomic mass is 32.1. The Labute approximate surface area is 222 Å². The lowest BCUT2D eigenvalue weighted by Gasteiger charge is -2.22. The van der Waals surface area contributed by atoms with Crippen LogP contribution in [-0.2, 0) is 9.59 Å². The Morgan fingerprint density at radius 3 is 1.26 bits per heavy atom. The number of carbonyl (C=O) groups is 2. The van der Waals surface area contributed by atoms with Crippen molar-refractivity contribution >= 4 is 37.1 Å². The lowest BCUT2D eigenvalue weighted by Crippen LogP contribution is -2.35. The third-order valence-corrected chi connectivity index (χ3v) is 6.70. The molecule has 7 heteroatoms. The molecule has 34 heavy (non-hydrogen) atoms. The van der Waals surface area contributed by atoms with Gasteiger partial charge < -0.3 is 15.5 Å². The maximum Gasteiger partial charge on any atom is 0.221 e. The van der Waals surface area contributed by atoms with E-state index in [2.05, 4.69) is 47.7 Å². The van der Waals surface area contributed by atoms with E-state index in [4.69, 9.17) is 0 Å². The van der Waals surface area contributed by atoms with E-state index >= 15 is 0 Å². The fourth-order valence-corrected chi connectivity index (χ4v) is 4.35. The van der Waals surface area contributed by atoms with Crippen LogP contribution in [0, 0.1) is 0 Å². The summed E-state index contributed by atoms with van der Waals surface area (Å²) in [4.78, 5) is 26.1. The number of hydrogen-bond acceptors (Lipinski definition) is 5. The molecule has 0 aromatic rings. The minimum atomic E-state index is 0.0649. The highest BCUT2D eigenvalue weighted by molar-refractivity contribution is 7.80. The molecule has 0 spiro atoms. The average Bonchev–Trinajstić information content (AvgIpc) is 2.84. The van der Waals surface area contributed by atoms with Gasteiger partial charge >= 0.3 is 0 Å². The van der Waals surface area contributed by atoms with Crippen LogP contribution in [0.5, 0.6) is 0 Å². The molecule has 2 N–H and O–H groups in total. The Bertz CT molecular complexity index is 443. The fourth-order valence-electron chi connectivity index (χ4n) is 4.13. The zero-order chi connectivity index (χ0) is 25.1. The Balaban J connectivity index is 3.82. The lowest BCUT2D eigenvalue weighted by atomic mass is 10.0. The second-order valence-corrected chi connectivity index (χ2v) is 10.3. The van der Waals surface area contributed by atoms with Crippen LogP contribution >= 0.6 is 25.3 Å². The van der Waals surface area contributed by atoms with Crippen LogP contribution < -0.4 is 10.6 Å². The number of unbranched alkanes of at least 4 members (excludes halogenated alkanes) is 14. The van der Waals surface area contributed by atoms with Crippen LogP contribution in [0.1, 0.15) is 116 Å². The molecule has 0 saturated carbocycles. The average molecular weight is 518 g/mol. The van der Waals surface area contributed by atoms with Gasteiger partial charge in [0.2, 0.25) is 11.8 Å². The Kier molecular flexibility index (Phi) is 26.9. The second kappa shape index (κ2) is 27.2. The highest BCUT2D eigenvalue weighted by Gasteiger charge is 2.10. The molecule has 0 radical (unpaired) electrons. The van der Waals surface area contributed by atoms with Crippen LogP contribution in [0.2, 0.25) is 0 Å². The number of nitrogens with one attached hydrogen (secondary N) is 2. The molecule has 0 heterocycles. The van der Waals surface area contributed by atoms with Crippen LogP contribution in [-0.4, -0.2) is 60.9 Å². The molecule has 0 aliphatic heterocycles. The van der Waals surface area contributed by atoms with Gasteiger partial charge in [0.1, 0.15) is 0 Å². The van der Waals surface area contributed by atoms with E-state index in [1.807, 2.05) is 0 Å². The summed E-state index contributed by atoms with van der Waals surface area (Å²) in [6, 6.07) is 0. The number of hydrogen-bond donors (Lipinski definition) is 4. The molecule has 0 bridgehead atoms. The first kappa shape index (κ1) is 33.6. The van der Waals surface area contributed by atoms with Gasteiger partial charge in [-0.05, 0) is 13.0 Å². The summed E-state index contributed by atoms with van der Waals surface area (Å²) in [7, 11) is 0. The van der Waals surface area contributed by atoms with Crippen molar-refractivity contribution in [1.29, 1.82) is 0 Å². The van der Waals surface area contributed by atoms with Crippen LogP contribution in [0.25, 0.3) is 0 Å². The molecule has 0 rings (SSSR count). The largest absolute Gasteiger partial charge is 0.355 e. The molecule has 0 aliphatic rings. The van der Waals surface area contributed by atoms with Gasteiger partial charge in [0.15, 0.2) is 0 Å². The molecule has 0 unspecified atom stereocenters. The zero-order valence-corrected chi connectivity index (χ0v) is 23.9. The Morgan fingerprint density at radius 2 is 0.912 bits per heavy atom. The number of thiol groups is 2. The number of carbonyl (C=O) groups excluding carboxylic acids is 2. The summed E-state index contributed by atoms with van der Waals surface area (Å²) in [5.74, 6) is 1.44. The minimum Gasteiger partial charge on any atom is -0.355 e. The van der Waals surface area contributed by atoms with Crippen molar-refractivity contribution < 1.29 is 9.59 Å². The summed E-state index contributed by atoms with van der Waals surface area (Å²) in [6.45, 7) is 5.85. The van der Waals surface area contributed by atoms with Crippen molar-refractivity contribution in [2.24, 2.45) is 0 Å². The molecule has 2 amide bonds. The van der Waals surface area contributed by atoms with Crippen LogP contribution in [0.3, 0.4) is 0 Å². The molecular weight excluding hydrogens is 462 g/mol. The van der Waals surface area contributed by atoms with Crippen molar-refractivity contribution in [2.75, 3.05) is 44.2 Å². The fraction of sp³-hybridized carbons (Fsp3) is 0.926. The van der Waals surface area contributed by atoms with Gasteiger partial charge in [-0.25, -0.2) is 0 Å². The number of rotatable bonds is 26. The summed E-state index contributed by atoms with van der Waals surface area (Å²) >= 11 is 8.26. The molecule has 0 aliphatic carbocycles. The third kappa shape index (κ3) is 24.7. The van der Waals surface area contributed by atoms with Gasteiger partial charge in [0.05, 0.1) is 0 Å². The number of nitrogens with zero attached hydrogens (tertiary/aromatic N) is 1. The molecule has 0 fully saturated rings. The summed E-state index contributed by atoms with van der Waals surface area (Å²) < 4.78 is 0. The van der Waals surface area contributed by atoms with E-state index < -0.39 is 0 Å².